The molecular weight excluding hydrogens is 192 g/mol. The number of aryl methyl sites for hydroxylation is 1. The van der Waals surface area contributed by atoms with Crippen LogP contribution >= 0.6 is 0 Å². The van der Waals surface area contributed by atoms with Crippen molar-refractivity contribution in [1.29, 1.82) is 0 Å². The summed E-state index contributed by atoms with van der Waals surface area (Å²) >= 11 is 0. The number of hydrogen-bond acceptors (Lipinski definition) is 3. The molecule has 3 N–H and O–H groups in total. The van der Waals surface area contributed by atoms with Crippen molar-refractivity contribution in [2.24, 2.45) is 0 Å². The van der Waals surface area contributed by atoms with E-state index in [0.29, 0.717) is 6.54 Å². The molecule has 0 aromatic heterocycles. The lowest BCUT2D eigenvalue weighted by atomic mass is 10.2. The summed E-state index contributed by atoms with van der Waals surface area (Å²) in [7, 11) is 1.63. The Labute approximate surface area is 89.3 Å². The predicted octanol–water partition coefficient (Wildman–Crippen LogP) is 1.08. The fourth-order valence-corrected chi connectivity index (χ4v) is 1.20. The number of carboxylic acid groups (broad SMARTS) is 1. The Morgan fingerprint density at radius 1 is 1.40 bits per heavy atom. The lowest BCUT2D eigenvalue weighted by Gasteiger charge is -2.13. The van der Waals surface area contributed by atoms with Crippen LogP contribution in [0.3, 0.4) is 0 Å². The van der Waals surface area contributed by atoms with Crippen LogP contribution in [-0.4, -0.2) is 30.7 Å². The molecule has 0 bridgehead atoms. The van der Waals surface area contributed by atoms with Crippen LogP contribution < -0.4 is 10.6 Å². The van der Waals surface area contributed by atoms with Crippen LogP contribution in [0.5, 0.6) is 0 Å². The zero-order valence-corrected chi connectivity index (χ0v) is 8.95. The quantitative estimate of drug-likeness (QED) is 0.677. The van der Waals surface area contributed by atoms with Gasteiger partial charge in [-0.3, -0.25) is 4.79 Å². The maximum atomic E-state index is 10.7. The fraction of sp³-hybridized carbons (Fsp3) is 0.364. The maximum absolute atomic E-state index is 10.7. The van der Waals surface area contributed by atoms with Gasteiger partial charge in [0, 0.05) is 12.2 Å². The predicted molar refractivity (Wildman–Crippen MR) is 60.2 cm³/mol. The fourth-order valence-electron chi connectivity index (χ4n) is 1.20. The van der Waals surface area contributed by atoms with Gasteiger partial charge in [-0.15, -0.1) is 0 Å². The molecule has 1 unspecified atom stereocenters. The lowest BCUT2D eigenvalue weighted by molar-refractivity contribution is -0.138. The van der Waals surface area contributed by atoms with Gasteiger partial charge >= 0.3 is 5.97 Å². The SMILES string of the molecule is CNC(CNc1ccc(C)cc1)C(=O)O. The van der Waals surface area contributed by atoms with E-state index < -0.39 is 12.0 Å². The first-order valence-electron chi connectivity index (χ1n) is 4.84. The number of hydrogen-bond donors (Lipinski definition) is 3. The second kappa shape index (κ2) is 5.36. The number of rotatable bonds is 5. The minimum absolute atomic E-state index is 0.370. The van der Waals surface area contributed by atoms with Gasteiger partial charge in [0.15, 0.2) is 0 Å². The maximum Gasteiger partial charge on any atom is 0.322 e. The van der Waals surface area contributed by atoms with Gasteiger partial charge in [-0.05, 0) is 26.1 Å². The third-order valence-corrected chi connectivity index (χ3v) is 2.21. The summed E-state index contributed by atoms with van der Waals surface area (Å²) in [6, 6.07) is 7.27. The number of nitrogens with one attached hydrogen (secondary N) is 2. The zero-order chi connectivity index (χ0) is 11.3. The molecule has 0 aliphatic carbocycles. The third-order valence-electron chi connectivity index (χ3n) is 2.21. The number of carbonyl (C=O) groups is 1. The van der Waals surface area contributed by atoms with Gasteiger partial charge in [0.2, 0.25) is 0 Å². The summed E-state index contributed by atoms with van der Waals surface area (Å²) in [5.74, 6) is -0.850. The highest BCUT2D eigenvalue weighted by molar-refractivity contribution is 5.74. The van der Waals surface area contributed by atoms with Crippen molar-refractivity contribution in [2.75, 3.05) is 18.9 Å². The van der Waals surface area contributed by atoms with Crippen molar-refractivity contribution in [3.05, 3.63) is 29.8 Å². The lowest BCUT2D eigenvalue weighted by Crippen LogP contribution is -2.39. The highest BCUT2D eigenvalue weighted by atomic mass is 16.4. The summed E-state index contributed by atoms with van der Waals surface area (Å²) < 4.78 is 0. The van der Waals surface area contributed by atoms with E-state index in [9.17, 15) is 4.79 Å². The molecular formula is C11H16N2O2. The van der Waals surface area contributed by atoms with Crippen LogP contribution in [0.2, 0.25) is 0 Å². The average molecular weight is 208 g/mol. The Morgan fingerprint density at radius 3 is 2.47 bits per heavy atom. The van der Waals surface area contributed by atoms with Gasteiger partial charge in [-0.2, -0.15) is 0 Å². The number of benzene rings is 1. The topological polar surface area (TPSA) is 61.4 Å². The van der Waals surface area contributed by atoms with E-state index >= 15 is 0 Å². The normalized spacial score (nSPS) is 12.1. The van der Waals surface area contributed by atoms with Crippen molar-refractivity contribution in [3.8, 4) is 0 Å². The molecule has 0 amide bonds. The smallest absolute Gasteiger partial charge is 0.322 e. The summed E-state index contributed by atoms with van der Waals surface area (Å²) in [5.41, 5.74) is 2.12. The molecule has 0 saturated carbocycles. The Bertz CT molecular complexity index is 322. The first-order valence-corrected chi connectivity index (χ1v) is 4.84. The zero-order valence-electron chi connectivity index (χ0n) is 8.95. The van der Waals surface area contributed by atoms with Crippen molar-refractivity contribution in [1.82, 2.24) is 5.32 Å². The highest BCUT2D eigenvalue weighted by Crippen LogP contribution is 2.08. The molecule has 0 saturated heterocycles. The van der Waals surface area contributed by atoms with Crippen LogP contribution in [0, 0.1) is 6.92 Å². The molecule has 1 aromatic rings. The monoisotopic (exact) mass is 208 g/mol. The molecule has 1 atom stereocenters. The van der Waals surface area contributed by atoms with E-state index in [1.54, 1.807) is 7.05 Å². The van der Waals surface area contributed by atoms with E-state index in [0.717, 1.165) is 5.69 Å². The second-order valence-electron chi connectivity index (χ2n) is 3.43. The minimum atomic E-state index is -0.850. The standard InChI is InChI=1S/C11H16N2O2/c1-8-3-5-9(6-4-8)13-7-10(12-2)11(14)15/h3-6,10,12-13H,7H2,1-2H3,(H,14,15). The summed E-state index contributed by atoms with van der Waals surface area (Å²) in [4.78, 5) is 10.7. The van der Waals surface area contributed by atoms with E-state index in [4.69, 9.17) is 5.11 Å². The van der Waals surface area contributed by atoms with Gasteiger partial charge in [0.05, 0.1) is 0 Å². The van der Waals surface area contributed by atoms with Crippen LogP contribution in [-0.2, 0) is 4.79 Å². The molecule has 0 aliphatic heterocycles. The van der Waals surface area contributed by atoms with E-state index in [1.165, 1.54) is 5.56 Å². The summed E-state index contributed by atoms with van der Waals surface area (Å²) in [6.45, 7) is 2.38. The highest BCUT2D eigenvalue weighted by Gasteiger charge is 2.13. The number of likely N-dealkylation sites (N-methyl/N-ethyl adjacent to an activating group) is 1. The van der Waals surface area contributed by atoms with Crippen LogP contribution in [0.1, 0.15) is 5.56 Å². The Hall–Kier alpha value is -1.55. The van der Waals surface area contributed by atoms with Gasteiger partial charge in [-0.1, -0.05) is 17.7 Å². The van der Waals surface area contributed by atoms with Crippen LogP contribution in [0.15, 0.2) is 24.3 Å². The first kappa shape index (κ1) is 11.5. The number of anilines is 1. The Morgan fingerprint density at radius 2 is 2.00 bits per heavy atom. The molecule has 0 aliphatic rings. The molecule has 0 radical (unpaired) electrons. The van der Waals surface area contributed by atoms with E-state index in [1.807, 2.05) is 31.2 Å². The molecule has 1 rings (SSSR count). The molecule has 0 fully saturated rings. The largest absolute Gasteiger partial charge is 0.480 e. The van der Waals surface area contributed by atoms with Gasteiger partial charge < -0.3 is 15.7 Å². The Balaban J connectivity index is 2.49. The van der Waals surface area contributed by atoms with Crippen LogP contribution in [0.25, 0.3) is 0 Å². The van der Waals surface area contributed by atoms with E-state index in [2.05, 4.69) is 10.6 Å². The molecule has 0 heterocycles. The molecule has 82 valence electrons. The van der Waals surface area contributed by atoms with E-state index in [-0.39, 0.29) is 0 Å². The number of carboxylic acids is 1. The molecule has 1 aromatic carbocycles. The Kier molecular flexibility index (Phi) is 4.12. The van der Waals surface area contributed by atoms with Crippen LogP contribution in [0.4, 0.5) is 5.69 Å². The van der Waals surface area contributed by atoms with Gasteiger partial charge in [0.25, 0.3) is 0 Å². The van der Waals surface area contributed by atoms with Crippen molar-refractivity contribution in [3.63, 3.8) is 0 Å². The number of aliphatic carboxylic acids is 1. The van der Waals surface area contributed by atoms with Gasteiger partial charge in [0.1, 0.15) is 6.04 Å². The van der Waals surface area contributed by atoms with Crippen molar-refractivity contribution in [2.45, 2.75) is 13.0 Å². The second-order valence-corrected chi connectivity index (χ2v) is 3.43. The minimum Gasteiger partial charge on any atom is -0.480 e. The summed E-state index contributed by atoms with van der Waals surface area (Å²) in [6.07, 6.45) is 0. The molecule has 0 spiro atoms. The molecule has 4 heteroatoms. The van der Waals surface area contributed by atoms with Crippen molar-refractivity contribution >= 4 is 11.7 Å². The first-order chi connectivity index (χ1) is 7.13. The average Bonchev–Trinajstić information content (AvgIpc) is 2.21. The van der Waals surface area contributed by atoms with Crippen molar-refractivity contribution < 1.29 is 9.90 Å². The summed E-state index contributed by atoms with van der Waals surface area (Å²) in [5, 5.41) is 14.6. The molecule has 15 heavy (non-hydrogen) atoms. The van der Waals surface area contributed by atoms with Gasteiger partial charge in [-0.25, -0.2) is 0 Å². The third kappa shape index (κ3) is 3.59. The molecule has 4 nitrogen and oxygen atoms in total.